The number of nitrogens with zero attached hydrogens (tertiary/aromatic N) is 2. The molecule has 0 aromatic heterocycles. The molecular formula is C13H20N2O3. The van der Waals surface area contributed by atoms with Crippen molar-refractivity contribution in [3.05, 3.63) is 0 Å². The van der Waals surface area contributed by atoms with Gasteiger partial charge in [0.25, 0.3) is 0 Å². The Kier molecular flexibility index (Phi) is 3.24. The average Bonchev–Trinajstić information content (AvgIpc) is 3.01. The summed E-state index contributed by atoms with van der Waals surface area (Å²) in [5.74, 6) is 0.273. The lowest BCUT2D eigenvalue weighted by atomic mass is 10.1. The Morgan fingerprint density at radius 1 is 1.17 bits per heavy atom. The number of hydrogen-bond donors (Lipinski definition) is 0. The van der Waals surface area contributed by atoms with E-state index < -0.39 is 0 Å². The van der Waals surface area contributed by atoms with E-state index in [1.54, 1.807) is 4.90 Å². The first-order valence-electron chi connectivity index (χ1n) is 6.95. The van der Waals surface area contributed by atoms with E-state index in [-0.39, 0.29) is 24.0 Å². The molecule has 2 amide bonds. The number of hydrogen-bond acceptors (Lipinski definition) is 3. The molecule has 0 spiro atoms. The van der Waals surface area contributed by atoms with E-state index in [4.69, 9.17) is 4.74 Å². The van der Waals surface area contributed by atoms with Crippen LogP contribution in [0, 0.1) is 0 Å². The molecule has 2 atom stereocenters. The van der Waals surface area contributed by atoms with Crippen LogP contribution in [0.25, 0.3) is 0 Å². The van der Waals surface area contributed by atoms with E-state index in [0.717, 1.165) is 38.8 Å². The van der Waals surface area contributed by atoms with Gasteiger partial charge in [-0.15, -0.1) is 0 Å². The zero-order valence-corrected chi connectivity index (χ0v) is 10.6. The van der Waals surface area contributed by atoms with Gasteiger partial charge in [-0.05, 0) is 25.7 Å². The molecule has 3 saturated heterocycles. The van der Waals surface area contributed by atoms with Crippen molar-refractivity contribution in [3.63, 3.8) is 0 Å². The number of amides is 2. The Hall–Kier alpha value is -1.10. The van der Waals surface area contributed by atoms with Crippen LogP contribution in [0.15, 0.2) is 0 Å². The minimum atomic E-state index is -0.193. The van der Waals surface area contributed by atoms with Gasteiger partial charge in [-0.3, -0.25) is 9.59 Å². The van der Waals surface area contributed by atoms with Gasteiger partial charge in [-0.2, -0.15) is 0 Å². The third-order valence-corrected chi connectivity index (χ3v) is 4.21. The summed E-state index contributed by atoms with van der Waals surface area (Å²) in [5.41, 5.74) is 0. The molecule has 3 fully saturated rings. The van der Waals surface area contributed by atoms with Crippen LogP contribution >= 0.6 is 0 Å². The molecule has 0 aliphatic carbocycles. The lowest BCUT2D eigenvalue weighted by Gasteiger charge is -2.27. The molecule has 3 heterocycles. The summed E-state index contributed by atoms with van der Waals surface area (Å²) in [6.07, 6.45) is 4.54. The summed E-state index contributed by atoms with van der Waals surface area (Å²) in [4.78, 5) is 28.0. The van der Waals surface area contributed by atoms with Crippen molar-refractivity contribution in [2.75, 3.05) is 26.2 Å². The normalized spacial score (nSPS) is 32.9. The van der Waals surface area contributed by atoms with Crippen molar-refractivity contribution in [3.8, 4) is 0 Å². The fourth-order valence-electron chi connectivity index (χ4n) is 3.23. The van der Waals surface area contributed by atoms with Gasteiger partial charge >= 0.3 is 0 Å². The molecule has 5 nitrogen and oxygen atoms in total. The minimum Gasteiger partial charge on any atom is -0.376 e. The zero-order chi connectivity index (χ0) is 12.5. The summed E-state index contributed by atoms with van der Waals surface area (Å²) in [5, 5.41) is 0. The lowest BCUT2D eigenvalue weighted by molar-refractivity contribution is -0.140. The number of ether oxygens (including phenoxy) is 1. The molecule has 100 valence electrons. The second-order valence-corrected chi connectivity index (χ2v) is 5.41. The molecule has 0 radical (unpaired) electrons. The highest BCUT2D eigenvalue weighted by Crippen LogP contribution is 2.24. The van der Waals surface area contributed by atoms with Crippen molar-refractivity contribution < 1.29 is 14.3 Å². The summed E-state index contributed by atoms with van der Waals surface area (Å²) in [6, 6.07) is -0.193. The Morgan fingerprint density at radius 3 is 2.83 bits per heavy atom. The SMILES string of the molecule is O=C1C2CCCN2C(=O)CCN1CC1CCCO1. The topological polar surface area (TPSA) is 49.9 Å². The molecule has 0 aromatic carbocycles. The molecule has 2 unspecified atom stereocenters. The maximum Gasteiger partial charge on any atom is 0.245 e. The molecule has 18 heavy (non-hydrogen) atoms. The first kappa shape index (κ1) is 12.0. The number of rotatable bonds is 2. The highest BCUT2D eigenvalue weighted by Gasteiger charge is 2.39. The number of fused-ring (bicyclic) bond motifs is 1. The van der Waals surface area contributed by atoms with E-state index in [1.165, 1.54) is 0 Å². The zero-order valence-electron chi connectivity index (χ0n) is 10.6. The van der Waals surface area contributed by atoms with E-state index >= 15 is 0 Å². The van der Waals surface area contributed by atoms with Crippen LogP contribution in [0.3, 0.4) is 0 Å². The summed E-state index contributed by atoms with van der Waals surface area (Å²) in [6.45, 7) is 2.78. The van der Waals surface area contributed by atoms with Gasteiger partial charge in [0.2, 0.25) is 11.8 Å². The first-order valence-corrected chi connectivity index (χ1v) is 6.95. The molecule has 0 bridgehead atoms. The van der Waals surface area contributed by atoms with E-state index in [2.05, 4.69) is 0 Å². The average molecular weight is 252 g/mol. The molecule has 5 heteroatoms. The van der Waals surface area contributed by atoms with Gasteiger partial charge in [0.1, 0.15) is 6.04 Å². The van der Waals surface area contributed by atoms with Gasteiger partial charge in [0, 0.05) is 32.7 Å². The highest BCUT2D eigenvalue weighted by molar-refractivity contribution is 5.90. The number of carbonyl (C=O) groups excluding carboxylic acids is 2. The van der Waals surface area contributed by atoms with Gasteiger partial charge in [-0.25, -0.2) is 0 Å². The third kappa shape index (κ3) is 2.11. The van der Waals surface area contributed by atoms with Gasteiger partial charge in [0.05, 0.1) is 6.10 Å². The molecule has 3 rings (SSSR count). The minimum absolute atomic E-state index is 0.133. The van der Waals surface area contributed by atoms with Crippen LogP contribution in [0.1, 0.15) is 32.1 Å². The van der Waals surface area contributed by atoms with Crippen molar-refractivity contribution in [2.45, 2.75) is 44.2 Å². The Labute approximate surface area is 107 Å². The smallest absolute Gasteiger partial charge is 0.245 e. The van der Waals surface area contributed by atoms with Crippen LogP contribution in [-0.4, -0.2) is 60.0 Å². The predicted octanol–water partition coefficient (Wildman–Crippen LogP) is 0.389. The summed E-state index contributed by atoms with van der Waals surface area (Å²) >= 11 is 0. The summed E-state index contributed by atoms with van der Waals surface area (Å²) in [7, 11) is 0. The Balaban J connectivity index is 1.70. The molecular weight excluding hydrogens is 232 g/mol. The maximum atomic E-state index is 12.4. The van der Waals surface area contributed by atoms with Crippen LogP contribution in [0.5, 0.6) is 0 Å². The first-order chi connectivity index (χ1) is 8.75. The maximum absolute atomic E-state index is 12.4. The monoisotopic (exact) mass is 252 g/mol. The van der Waals surface area contributed by atoms with Gasteiger partial charge in [-0.1, -0.05) is 0 Å². The molecule has 0 saturated carbocycles. The van der Waals surface area contributed by atoms with E-state index in [0.29, 0.717) is 19.5 Å². The van der Waals surface area contributed by atoms with Gasteiger partial charge in [0.15, 0.2) is 0 Å². The molecule has 0 N–H and O–H groups in total. The Morgan fingerprint density at radius 2 is 2.06 bits per heavy atom. The van der Waals surface area contributed by atoms with Crippen LogP contribution in [0.2, 0.25) is 0 Å². The van der Waals surface area contributed by atoms with Crippen LogP contribution in [-0.2, 0) is 14.3 Å². The largest absolute Gasteiger partial charge is 0.376 e. The highest BCUT2D eigenvalue weighted by atomic mass is 16.5. The van der Waals surface area contributed by atoms with Crippen molar-refractivity contribution in [1.29, 1.82) is 0 Å². The molecule has 3 aliphatic rings. The van der Waals surface area contributed by atoms with Crippen LogP contribution in [0.4, 0.5) is 0 Å². The van der Waals surface area contributed by atoms with E-state index in [9.17, 15) is 9.59 Å². The predicted molar refractivity (Wildman–Crippen MR) is 64.9 cm³/mol. The fraction of sp³-hybridized carbons (Fsp3) is 0.846. The molecule has 0 aromatic rings. The van der Waals surface area contributed by atoms with Gasteiger partial charge < -0.3 is 14.5 Å². The molecule has 3 aliphatic heterocycles. The summed E-state index contributed by atoms with van der Waals surface area (Å²) < 4.78 is 5.59. The fourth-order valence-corrected chi connectivity index (χ4v) is 3.23. The quantitative estimate of drug-likeness (QED) is 0.714. The second kappa shape index (κ2) is 4.88. The van der Waals surface area contributed by atoms with Crippen molar-refractivity contribution in [2.24, 2.45) is 0 Å². The lowest BCUT2D eigenvalue weighted by Crippen LogP contribution is -2.45. The van der Waals surface area contributed by atoms with Crippen molar-refractivity contribution in [1.82, 2.24) is 9.80 Å². The number of carbonyl (C=O) groups is 2. The van der Waals surface area contributed by atoms with Crippen LogP contribution < -0.4 is 0 Å². The van der Waals surface area contributed by atoms with Crippen molar-refractivity contribution >= 4 is 11.8 Å². The Bertz CT molecular complexity index is 352. The second-order valence-electron chi connectivity index (χ2n) is 5.41. The third-order valence-electron chi connectivity index (χ3n) is 4.21. The van der Waals surface area contributed by atoms with E-state index in [1.807, 2.05) is 4.90 Å². The standard InChI is InChI=1S/C13H20N2O3/c16-12-5-7-14(9-10-3-2-8-18-10)13(17)11-4-1-6-15(11)12/h10-11H,1-9H2.